The van der Waals surface area contributed by atoms with E-state index in [0.717, 1.165) is 10.1 Å². The Morgan fingerprint density at radius 3 is 2.87 bits per heavy atom. The van der Waals surface area contributed by atoms with Gasteiger partial charge in [0, 0.05) is 11.6 Å². The summed E-state index contributed by atoms with van der Waals surface area (Å²) in [6.45, 7) is 1.79. The minimum atomic E-state index is -0.643. The highest BCUT2D eigenvalue weighted by atomic mass is 16.7. The van der Waals surface area contributed by atoms with Crippen molar-refractivity contribution < 1.29 is 14.3 Å². The van der Waals surface area contributed by atoms with Gasteiger partial charge in [0.15, 0.2) is 17.1 Å². The molecule has 8 heteroatoms. The van der Waals surface area contributed by atoms with E-state index >= 15 is 0 Å². The molecule has 0 saturated carbocycles. The number of aromatic amines is 1. The molecule has 0 radical (unpaired) electrons. The predicted molar refractivity (Wildman–Crippen MR) is 80.6 cm³/mol. The van der Waals surface area contributed by atoms with E-state index in [1.54, 1.807) is 25.1 Å². The molecular weight excluding hydrogens is 300 g/mol. The van der Waals surface area contributed by atoms with Crippen LogP contribution in [0.25, 0.3) is 16.9 Å². The van der Waals surface area contributed by atoms with Gasteiger partial charge in [0.1, 0.15) is 5.56 Å². The van der Waals surface area contributed by atoms with Crippen molar-refractivity contribution in [2.45, 2.75) is 6.92 Å². The molecule has 0 atom stereocenters. The molecule has 3 heterocycles. The molecule has 3 aromatic rings. The molecule has 1 amide bonds. The molecule has 1 aliphatic heterocycles. The quantitative estimate of drug-likeness (QED) is 0.728. The van der Waals surface area contributed by atoms with Crippen LogP contribution in [-0.4, -0.2) is 27.3 Å². The zero-order chi connectivity index (χ0) is 16.1. The Hall–Kier alpha value is -3.29. The molecule has 0 aliphatic carbocycles. The number of hydrogen-bond acceptors (Lipinski definition) is 5. The fourth-order valence-electron chi connectivity index (χ4n) is 2.67. The average Bonchev–Trinajstić information content (AvgIpc) is 3.09. The van der Waals surface area contributed by atoms with Gasteiger partial charge in [-0.1, -0.05) is 0 Å². The van der Waals surface area contributed by atoms with Gasteiger partial charge in [0.2, 0.25) is 6.79 Å². The van der Waals surface area contributed by atoms with Crippen LogP contribution in [0, 0.1) is 6.92 Å². The van der Waals surface area contributed by atoms with E-state index in [9.17, 15) is 9.59 Å². The number of nitrogens with zero attached hydrogens (tertiary/aromatic N) is 2. The third-order valence-electron chi connectivity index (χ3n) is 3.72. The van der Waals surface area contributed by atoms with Gasteiger partial charge in [-0.3, -0.25) is 9.59 Å². The third kappa shape index (κ3) is 1.95. The van der Waals surface area contributed by atoms with Crippen molar-refractivity contribution in [3.63, 3.8) is 0 Å². The van der Waals surface area contributed by atoms with Crippen LogP contribution in [-0.2, 0) is 0 Å². The first-order valence-corrected chi connectivity index (χ1v) is 6.87. The van der Waals surface area contributed by atoms with Gasteiger partial charge in [-0.15, -0.1) is 0 Å². The SMILES string of the molecule is Cc1nn2c(=O)cc(-c3ccc4c(c3)OCO4)[nH]c2c1C(N)=O. The molecule has 1 aromatic carbocycles. The Morgan fingerprint density at radius 1 is 1.30 bits per heavy atom. The molecular formula is C15H12N4O4. The topological polar surface area (TPSA) is 112 Å². The lowest BCUT2D eigenvalue weighted by atomic mass is 10.1. The number of primary amides is 1. The summed E-state index contributed by atoms with van der Waals surface area (Å²) in [4.78, 5) is 26.9. The summed E-state index contributed by atoms with van der Waals surface area (Å²) in [5, 5.41) is 4.05. The van der Waals surface area contributed by atoms with Crippen molar-refractivity contribution in [2.75, 3.05) is 6.79 Å². The van der Waals surface area contributed by atoms with Gasteiger partial charge in [-0.2, -0.15) is 9.61 Å². The van der Waals surface area contributed by atoms with Crippen LogP contribution in [0.2, 0.25) is 0 Å². The van der Waals surface area contributed by atoms with Crippen LogP contribution in [0.15, 0.2) is 29.1 Å². The van der Waals surface area contributed by atoms with E-state index in [1.165, 1.54) is 6.07 Å². The maximum absolute atomic E-state index is 12.3. The number of aryl methyl sites for hydroxylation is 1. The lowest BCUT2D eigenvalue weighted by Gasteiger charge is -2.05. The highest BCUT2D eigenvalue weighted by Crippen LogP contribution is 2.35. The maximum atomic E-state index is 12.3. The number of hydrogen-bond donors (Lipinski definition) is 2. The number of amides is 1. The summed E-state index contributed by atoms with van der Waals surface area (Å²) in [6.07, 6.45) is 0. The Balaban J connectivity index is 1.96. The second-order valence-electron chi connectivity index (χ2n) is 5.17. The molecule has 23 heavy (non-hydrogen) atoms. The Kier molecular flexibility index (Phi) is 2.68. The monoisotopic (exact) mass is 312 g/mol. The predicted octanol–water partition coefficient (Wildman–Crippen LogP) is 0.826. The largest absolute Gasteiger partial charge is 0.454 e. The molecule has 0 unspecified atom stereocenters. The van der Waals surface area contributed by atoms with Crippen LogP contribution in [0.3, 0.4) is 0 Å². The fourth-order valence-corrected chi connectivity index (χ4v) is 2.67. The summed E-state index contributed by atoms with van der Waals surface area (Å²) in [6, 6.07) is 6.72. The minimum Gasteiger partial charge on any atom is -0.454 e. The maximum Gasteiger partial charge on any atom is 0.274 e. The summed E-state index contributed by atoms with van der Waals surface area (Å²) in [5.41, 5.74) is 7.15. The smallest absolute Gasteiger partial charge is 0.274 e. The van der Waals surface area contributed by atoms with Crippen molar-refractivity contribution >= 4 is 11.6 Å². The fraction of sp³-hybridized carbons (Fsp3) is 0.133. The van der Waals surface area contributed by atoms with Gasteiger partial charge >= 0.3 is 0 Å². The number of fused-ring (bicyclic) bond motifs is 2. The highest BCUT2D eigenvalue weighted by molar-refractivity contribution is 6.00. The summed E-state index contributed by atoms with van der Waals surface area (Å²) in [5.74, 6) is 0.606. The van der Waals surface area contributed by atoms with Crippen molar-refractivity contribution in [1.82, 2.24) is 14.6 Å². The first-order valence-electron chi connectivity index (χ1n) is 6.87. The number of nitrogens with two attached hydrogens (primary N) is 1. The Morgan fingerprint density at radius 2 is 2.09 bits per heavy atom. The van der Waals surface area contributed by atoms with E-state index in [-0.39, 0.29) is 23.6 Å². The molecule has 4 rings (SSSR count). The lowest BCUT2D eigenvalue weighted by molar-refractivity contribution is 0.100. The number of nitrogens with one attached hydrogen (secondary N) is 1. The number of rotatable bonds is 2. The summed E-state index contributed by atoms with van der Waals surface area (Å²) >= 11 is 0. The Labute approximate surface area is 129 Å². The van der Waals surface area contributed by atoms with E-state index < -0.39 is 5.91 Å². The van der Waals surface area contributed by atoms with Crippen molar-refractivity contribution in [1.29, 1.82) is 0 Å². The summed E-state index contributed by atoms with van der Waals surface area (Å²) < 4.78 is 11.7. The molecule has 0 saturated heterocycles. The first kappa shape index (κ1) is 13.4. The zero-order valence-corrected chi connectivity index (χ0v) is 12.1. The third-order valence-corrected chi connectivity index (χ3v) is 3.72. The molecule has 8 nitrogen and oxygen atoms in total. The molecule has 116 valence electrons. The van der Waals surface area contributed by atoms with E-state index in [0.29, 0.717) is 22.9 Å². The van der Waals surface area contributed by atoms with Gasteiger partial charge in [0.05, 0.1) is 11.4 Å². The number of H-pyrrole nitrogens is 1. The number of carbonyl (C=O) groups excluding carboxylic acids is 1. The van der Waals surface area contributed by atoms with E-state index in [2.05, 4.69) is 10.1 Å². The highest BCUT2D eigenvalue weighted by Gasteiger charge is 2.19. The van der Waals surface area contributed by atoms with Gasteiger partial charge in [0.25, 0.3) is 11.5 Å². The minimum absolute atomic E-state index is 0.169. The van der Waals surface area contributed by atoms with Gasteiger partial charge < -0.3 is 20.2 Å². The second kappa shape index (κ2) is 4.60. The zero-order valence-electron chi connectivity index (χ0n) is 12.1. The molecule has 0 fully saturated rings. The van der Waals surface area contributed by atoms with Crippen LogP contribution in [0.1, 0.15) is 16.1 Å². The lowest BCUT2D eigenvalue weighted by Crippen LogP contribution is -2.16. The van der Waals surface area contributed by atoms with Crippen molar-refractivity contribution in [2.24, 2.45) is 5.73 Å². The number of ether oxygens (including phenoxy) is 2. The molecule has 2 aromatic heterocycles. The second-order valence-corrected chi connectivity index (χ2v) is 5.17. The molecule has 1 aliphatic rings. The normalized spacial score (nSPS) is 12.7. The van der Waals surface area contributed by atoms with Crippen LogP contribution >= 0.6 is 0 Å². The number of aromatic nitrogens is 3. The molecule has 0 spiro atoms. The average molecular weight is 312 g/mol. The van der Waals surface area contributed by atoms with Gasteiger partial charge in [-0.05, 0) is 25.1 Å². The van der Waals surface area contributed by atoms with Gasteiger partial charge in [-0.25, -0.2) is 0 Å². The van der Waals surface area contributed by atoms with Crippen molar-refractivity contribution in [3.05, 3.63) is 45.9 Å². The summed E-state index contributed by atoms with van der Waals surface area (Å²) in [7, 11) is 0. The van der Waals surface area contributed by atoms with Crippen LogP contribution in [0.4, 0.5) is 0 Å². The number of benzene rings is 1. The van der Waals surface area contributed by atoms with Crippen LogP contribution < -0.4 is 20.8 Å². The van der Waals surface area contributed by atoms with Crippen LogP contribution in [0.5, 0.6) is 11.5 Å². The Bertz CT molecular complexity index is 1020. The first-order chi connectivity index (χ1) is 11.0. The van der Waals surface area contributed by atoms with E-state index in [1.807, 2.05) is 0 Å². The van der Waals surface area contributed by atoms with Crippen molar-refractivity contribution in [3.8, 4) is 22.8 Å². The number of carbonyl (C=O) groups is 1. The molecule has 0 bridgehead atoms. The standard InChI is InChI=1S/C15H12N4O4/c1-7-13(14(16)21)15-17-9(5-12(20)19(15)18-7)8-2-3-10-11(4-8)23-6-22-10/h2-5,17H,6H2,1H3,(H2,16,21). The molecule has 3 N–H and O–H groups in total. The van der Waals surface area contributed by atoms with E-state index in [4.69, 9.17) is 15.2 Å².